The van der Waals surface area contributed by atoms with Crippen LogP contribution in [0.3, 0.4) is 0 Å². The maximum absolute atomic E-state index is 11.6. The molecule has 5 heteroatoms. The SMILES string of the molecule is Cl.O=C(CNCC1CCCCC1)NCc1cccs1. The van der Waals surface area contributed by atoms with Crippen LogP contribution in [0.2, 0.25) is 0 Å². The number of hydrogen-bond acceptors (Lipinski definition) is 3. The van der Waals surface area contributed by atoms with Crippen LogP contribution in [0, 0.1) is 5.92 Å². The van der Waals surface area contributed by atoms with Gasteiger partial charge in [0.25, 0.3) is 0 Å². The molecule has 0 spiro atoms. The molecule has 1 aromatic heterocycles. The summed E-state index contributed by atoms with van der Waals surface area (Å²) in [6.45, 7) is 2.09. The number of rotatable bonds is 6. The fourth-order valence-corrected chi connectivity index (χ4v) is 3.09. The first-order valence-corrected chi connectivity index (χ1v) is 7.72. The van der Waals surface area contributed by atoms with Crippen molar-refractivity contribution in [3.05, 3.63) is 22.4 Å². The van der Waals surface area contributed by atoms with Crippen molar-refractivity contribution in [1.82, 2.24) is 10.6 Å². The van der Waals surface area contributed by atoms with Crippen molar-refractivity contribution in [2.75, 3.05) is 13.1 Å². The lowest BCUT2D eigenvalue weighted by Crippen LogP contribution is -2.35. The molecule has 1 aliphatic rings. The second kappa shape index (κ2) is 9.34. The van der Waals surface area contributed by atoms with E-state index in [1.165, 1.54) is 37.0 Å². The number of carbonyl (C=O) groups is 1. The number of halogens is 1. The molecule has 1 heterocycles. The zero-order chi connectivity index (χ0) is 12.6. The third-order valence-corrected chi connectivity index (χ3v) is 4.36. The number of nitrogens with one attached hydrogen (secondary N) is 2. The van der Waals surface area contributed by atoms with Crippen LogP contribution in [-0.2, 0) is 11.3 Å². The van der Waals surface area contributed by atoms with Gasteiger partial charge in [0.05, 0.1) is 13.1 Å². The van der Waals surface area contributed by atoms with Gasteiger partial charge in [-0.1, -0.05) is 25.3 Å². The summed E-state index contributed by atoms with van der Waals surface area (Å²) in [4.78, 5) is 12.8. The highest BCUT2D eigenvalue weighted by molar-refractivity contribution is 7.09. The van der Waals surface area contributed by atoms with Gasteiger partial charge < -0.3 is 10.6 Å². The molecule has 0 aromatic carbocycles. The Kier molecular flexibility index (Phi) is 8.10. The zero-order valence-electron chi connectivity index (χ0n) is 11.2. The van der Waals surface area contributed by atoms with E-state index in [1.807, 2.05) is 17.5 Å². The highest BCUT2D eigenvalue weighted by Gasteiger charge is 2.13. The Balaban J connectivity index is 0.00000180. The Morgan fingerprint density at radius 1 is 1.32 bits per heavy atom. The summed E-state index contributed by atoms with van der Waals surface area (Å²) in [5, 5.41) is 8.24. The fraction of sp³-hybridized carbons (Fsp3) is 0.643. The van der Waals surface area contributed by atoms with Crippen LogP contribution in [0.15, 0.2) is 17.5 Å². The van der Waals surface area contributed by atoms with Crippen molar-refractivity contribution in [3.8, 4) is 0 Å². The highest BCUT2D eigenvalue weighted by Crippen LogP contribution is 2.22. The monoisotopic (exact) mass is 302 g/mol. The highest BCUT2D eigenvalue weighted by atomic mass is 35.5. The average molecular weight is 303 g/mol. The Morgan fingerprint density at radius 2 is 2.11 bits per heavy atom. The minimum atomic E-state index is 0. The quantitative estimate of drug-likeness (QED) is 0.848. The van der Waals surface area contributed by atoms with E-state index in [0.717, 1.165) is 12.5 Å². The minimum Gasteiger partial charge on any atom is -0.350 e. The fourth-order valence-electron chi connectivity index (χ4n) is 2.44. The van der Waals surface area contributed by atoms with Crippen LogP contribution in [0.5, 0.6) is 0 Å². The first-order valence-electron chi connectivity index (χ1n) is 6.84. The predicted molar refractivity (Wildman–Crippen MR) is 82.9 cm³/mol. The standard InChI is InChI=1S/C14H22N2OS.ClH/c17-14(16-10-13-7-4-8-18-13)11-15-9-12-5-2-1-3-6-12;/h4,7-8,12,15H,1-3,5-6,9-11H2,(H,16,17);1H. The minimum absolute atomic E-state index is 0. The number of amides is 1. The number of hydrogen-bond donors (Lipinski definition) is 2. The zero-order valence-corrected chi connectivity index (χ0v) is 12.8. The van der Waals surface area contributed by atoms with E-state index in [4.69, 9.17) is 0 Å². The lowest BCUT2D eigenvalue weighted by Gasteiger charge is -2.21. The van der Waals surface area contributed by atoms with Crippen molar-refractivity contribution >= 4 is 29.7 Å². The maximum Gasteiger partial charge on any atom is 0.234 e. The van der Waals surface area contributed by atoms with Gasteiger partial charge in [0.2, 0.25) is 5.91 Å². The van der Waals surface area contributed by atoms with E-state index in [-0.39, 0.29) is 18.3 Å². The summed E-state index contributed by atoms with van der Waals surface area (Å²) in [6, 6.07) is 4.05. The van der Waals surface area contributed by atoms with Gasteiger partial charge in [0.1, 0.15) is 0 Å². The molecule has 1 fully saturated rings. The van der Waals surface area contributed by atoms with Crippen LogP contribution in [0.1, 0.15) is 37.0 Å². The van der Waals surface area contributed by atoms with Gasteiger partial charge >= 0.3 is 0 Å². The number of carbonyl (C=O) groups excluding carboxylic acids is 1. The van der Waals surface area contributed by atoms with E-state index in [1.54, 1.807) is 11.3 Å². The van der Waals surface area contributed by atoms with Crippen molar-refractivity contribution in [2.45, 2.75) is 38.6 Å². The molecule has 2 rings (SSSR count). The van der Waals surface area contributed by atoms with E-state index >= 15 is 0 Å². The van der Waals surface area contributed by atoms with Crippen LogP contribution in [0.25, 0.3) is 0 Å². The van der Waals surface area contributed by atoms with Crippen LogP contribution < -0.4 is 10.6 Å². The molecule has 1 aliphatic carbocycles. The molecule has 3 nitrogen and oxygen atoms in total. The summed E-state index contributed by atoms with van der Waals surface area (Å²) in [7, 11) is 0. The van der Waals surface area contributed by atoms with E-state index in [9.17, 15) is 4.79 Å². The lowest BCUT2D eigenvalue weighted by atomic mass is 9.89. The Labute approximate surface area is 125 Å². The second-order valence-corrected chi connectivity index (χ2v) is 6.02. The molecular weight excluding hydrogens is 280 g/mol. The molecule has 1 aromatic rings. The molecule has 0 unspecified atom stereocenters. The summed E-state index contributed by atoms with van der Waals surface area (Å²) < 4.78 is 0. The maximum atomic E-state index is 11.6. The van der Waals surface area contributed by atoms with Gasteiger partial charge in [-0.25, -0.2) is 0 Å². The summed E-state index contributed by atoms with van der Waals surface area (Å²) in [5.74, 6) is 0.878. The molecule has 19 heavy (non-hydrogen) atoms. The Bertz CT molecular complexity index is 350. The molecule has 0 atom stereocenters. The number of thiophene rings is 1. The largest absolute Gasteiger partial charge is 0.350 e. The van der Waals surface area contributed by atoms with E-state index < -0.39 is 0 Å². The second-order valence-electron chi connectivity index (χ2n) is 4.99. The Morgan fingerprint density at radius 3 is 2.79 bits per heavy atom. The molecule has 1 amide bonds. The summed E-state index contributed by atoms with van der Waals surface area (Å²) in [5.41, 5.74) is 0. The van der Waals surface area contributed by atoms with Gasteiger partial charge in [-0.2, -0.15) is 0 Å². The van der Waals surface area contributed by atoms with Gasteiger partial charge in [0.15, 0.2) is 0 Å². The van der Waals surface area contributed by atoms with Crippen molar-refractivity contribution in [1.29, 1.82) is 0 Å². The van der Waals surface area contributed by atoms with Crippen molar-refractivity contribution in [3.63, 3.8) is 0 Å². The molecule has 0 radical (unpaired) electrons. The summed E-state index contributed by atoms with van der Waals surface area (Å²) in [6.07, 6.45) is 6.75. The molecule has 108 valence electrons. The van der Waals surface area contributed by atoms with Crippen LogP contribution in [-0.4, -0.2) is 19.0 Å². The normalized spacial score (nSPS) is 15.8. The van der Waals surface area contributed by atoms with Gasteiger partial charge in [-0.15, -0.1) is 23.7 Å². The predicted octanol–water partition coefficient (Wildman–Crippen LogP) is 2.96. The first kappa shape index (κ1) is 16.5. The van der Waals surface area contributed by atoms with Crippen molar-refractivity contribution < 1.29 is 4.79 Å². The summed E-state index contributed by atoms with van der Waals surface area (Å²) >= 11 is 1.68. The molecule has 1 saturated carbocycles. The smallest absolute Gasteiger partial charge is 0.234 e. The topological polar surface area (TPSA) is 41.1 Å². The van der Waals surface area contributed by atoms with E-state index in [2.05, 4.69) is 10.6 Å². The van der Waals surface area contributed by atoms with Crippen LogP contribution >= 0.6 is 23.7 Å². The third kappa shape index (κ3) is 6.41. The molecule has 0 saturated heterocycles. The van der Waals surface area contributed by atoms with E-state index in [0.29, 0.717) is 13.1 Å². The van der Waals surface area contributed by atoms with Gasteiger partial charge in [-0.05, 0) is 36.8 Å². The lowest BCUT2D eigenvalue weighted by molar-refractivity contribution is -0.120. The van der Waals surface area contributed by atoms with Gasteiger partial charge in [0, 0.05) is 4.88 Å². The first-order chi connectivity index (χ1) is 8.84. The third-order valence-electron chi connectivity index (χ3n) is 3.48. The molecule has 0 bridgehead atoms. The van der Waals surface area contributed by atoms with Crippen LogP contribution in [0.4, 0.5) is 0 Å². The van der Waals surface area contributed by atoms with Gasteiger partial charge in [-0.3, -0.25) is 4.79 Å². The Hall–Kier alpha value is -0.580. The van der Waals surface area contributed by atoms with Crippen molar-refractivity contribution in [2.24, 2.45) is 5.92 Å². The molecule has 2 N–H and O–H groups in total. The molecule has 0 aliphatic heterocycles. The molecular formula is C14H23ClN2OS. The average Bonchev–Trinajstić information content (AvgIpc) is 2.91.